The van der Waals surface area contributed by atoms with Crippen LogP contribution in [-0.2, 0) is 9.53 Å². The summed E-state index contributed by atoms with van der Waals surface area (Å²) in [5, 5.41) is 18.8. The fraction of sp³-hybridized carbons (Fsp3) is 0.933. The second-order valence-electron chi connectivity index (χ2n) is 6.76. The Kier molecular flexibility index (Phi) is 4.21. The zero-order chi connectivity index (χ0) is 14.2. The van der Waals surface area contributed by atoms with E-state index in [0.29, 0.717) is 12.3 Å². The normalized spacial score (nSPS) is 43.7. The lowest BCUT2D eigenvalue weighted by molar-refractivity contribution is -0.146. The molecule has 1 aliphatic heterocycles. The molecule has 0 aromatic heterocycles. The van der Waals surface area contributed by atoms with Gasteiger partial charge >= 0.3 is 5.97 Å². The van der Waals surface area contributed by atoms with Crippen LogP contribution < -0.4 is 0 Å². The minimum absolute atomic E-state index is 0.00110. The van der Waals surface area contributed by atoms with Gasteiger partial charge in [0.15, 0.2) is 0 Å². The van der Waals surface area contributed by atoms with Crippen molar-refractivity contribution in [3.63, 3.8) is 0 Å². The van der Waals surface area contributed by atoms with Gasteiger partial charge in [0.25, 0.3) is 0 Å². The van der Waals surface area contributed by atoms with Crippen molar-refractivity contribution in [1.82, 2.24) is 0 Å². The van der Waals surface area contributed by atoms with E-state index in [4.69, 9.17) is 4.74 Å². The summed E-state index contributed by atoms with van der Waals surface area (Å²) in [7, 11) is 0. The fourth-order valence-corrected chi connectivity index (χ4v) is 4.17. The Morgan fingerprint density at radius 2 is 2.16 bits per heavy atom. The molecular formula is C15H26O4. The van der Waals surface area contributed by atoms with Gasteiger partial charge < -0.3 is 14.9 Å². The van der Waals surface area contributed by atoms with Crippen LogP contribution in [0.4, 0.5) is 0 Å². The summed E-state index contributed by atoms with van der Waals surface area (Å²) in [6.07, 6.45) is 2.43. The van der Waals surface area contributed by atoms with E-state index >= 15 is 0 Å². The molecule has 19 heavy (non-hydrogen) atoms. The smallest absolute Gasteiger partial charge is 0.309 e. The number of esters is 1. The van der Waals surface area contributed by atoms with Gasteiger partial charge in [-0.15, -0.1) is 0 Å². The highest BCUT2D eigenvalue weighted by molar-refractivity contribution is 5.74. The Labute approximate surface area is 115 Å². The van der Waals surface area contributed by atoms with Crippen molar-refractivity contribution in [3.05, 3.63) is 0 Å². The van der Waals surface area contributed by atoms with Crippen LogP contribution in [0.5, 0.6) is 0 Å². The predicted molar refractivity (Wildman–Crippen MR) is 71.3 cm³/mol. The third kappa shape index (κ3) is 2.52. The average molecular weight is 270 g/mol. The predicted octanol–water partition coefficient (Wildman–Crippen LogP) is 1.59. The first-order valence-electron chi connectivity index (χ1n) is 7.35. The van der Waals surface area contributed by atoms with Crippen LogP contribution in [-0.4, -0.2) is 35.5 Å². The van der Waals surface area contributed by atoms with Crippen molar-refractivity contribution in [2.24, 2.45) is 29.1 Å². The molecule has 1 heterocycles. The number of ether oxygens (including phenoxy) is 1. The summed E-state index contributed by atoms with van der Waals surface area (Å²) in [5.74, 6) is 0.692. The van der Waals surface area contributed by atoms with E-state index in [1.54, 1.807) is 0 Å². The molecule has 1 saturated carbocycles. The second kappa shape index (κ2) is 5.41. The summed E-state index contributed by atoms with van der Waals surface area (Å²) in [5.41, 5.74) is -0.0532. The molecule has 0 aromatic rings. The van der Waals surface area contributed by atoms with E-state index < -0.39 is 0 Å². The maximum atomic E-state index is 11.7. The number of hydrogen-bond donors (Lipinski definition) is 2. The Hall–Kier alpha value is -0.610. The molecule has 2 fully saturated rings. The molecule has 0 spiro atoms. The third-order valence-corrected chi connectivity index (χ3v) is 5.51. The highest BCUT2D eigenvalue weighted by atomic mass is 16.6. The maximum Gasteiger partial charge on any atom is 0.309 e. The van der Waals surface area contributed by atoms with Gasteiger partial charge in [0, 0.05) is 19.1 Å². The topological polar surface area (TPSA) is 66.8 Å². The van der Waals surface area contributed by atoms with Gasteiger partial charge in [-0.25, -0.2) is 0 Å². The number of aliphatic hydroxyl groups excluding tert-OH is 2. The molecule has 4 heteroatoms. The van der Waals surface area contributed by atoms with Crippen LogP contribution in [0.25, 0.3) is 0 Å². The van der Waals surface area contributed by atoms with Gasteiger partial charge in [0.05, 0.1) is 5.92 Å². The van der Waals surface area contributed by atoms with E-state index in [1.165, 1.54) is 0 Å². The Morgan fingerprint density at radius 3 is 2.74 bits per heavy atom. The van der Waals surface area contributed by atoms with Crippen molar-refractivity contribution in [3.8, 4) is 0 Å². The summed E-state index contributed by atoms with van der Waals surface area (Å²) < 4.78 is 5.50. The van der Waals surface area contributed by atoms with E-state index in [1.807, 2.05) is 6.92 Å². The highest BCUT2D eigenvalue weighted by Gasteiger charge is 2.53. The molecule has 1 saturated heterocycles. The Balaban J connectivity index is 2.22. The first-order valence-corrected chi connectivity index (χ1v) is 7.35. The van der Waals surface area contributed by atoms with E-state index in [0.717, 1.165) is 12.8 Å². The van der Waals surface area contributed by atoms with Crippen LogP contribution in [0.2, 0.25) is 0 Å². The summed E-state index contributed by atoms with van der Waals surface area (Å²) in [6.45, 7) is 6.47. The molecule has 0 amide bonds. The summed E-state index contributed by atoms with van der Waals surface area (Å²) in [4.78, 5) is 11.7. The SMILES string of the molecule is C[C@H](CO)[C@@H]1C[C@H]2[C@H](C[C@@]1(C)CCO)OC(=O)[C@@H]2C. The molecule has 4 nitrogen and oxygen atoms in total. The number of aliphatic hydroxyl groups is 2. The molecule has 0 bridgehead atoms. The molecule has 0 unspecified atom stereocenters. The number of carbonyl (C=O) groups excluding carboxylic acids is 1. The van der Waals surface area contributed by atoms with Crippen LogP contribution in [0.15, 0.2) is 0 Å². The van der Waals surface area contributed by atoms with Gasteiger partial charge in [-0.3, -0.25) is 4.79 Å². The summed E-state index contributed by atoms with van der Waals surface area (Å²) in [6, 6.07) is 0. The molecule has 110 valence electrons. The lowest BCUT2D eigenvalue weighted by Gasteiger charge is -2.48. The van der Waals surface area contributed by atoms with Gasteiger partial charge in [-0.05, 0) is 36.5 Å². The fourth-order valence-electron chi connectivity index (χ4n) is 4.17. The van der Waals surface area contributed by atoms with E-state index in [-0.39, 0.29) is 48.5 Å². The number of carbonyl (C=O) groups is 1. The quantitative estimate of drug-likeness (QED) is 0.761. The van der Waals surface area contributed by atoms with E-state index in [9.17, 15) is 15.0 Å². The Morgan fingerprint density at radius 1 is 1.47 bits per heavy atom. The van der Waals surface area contributed by atoms with Crippen LogP contribution in [0, 0.1) is 29.1 Å². The average Bonchev–Trinajstić information content (AvgIpc) is 2.62. The van der Waals surface area contributed by atoms with E-state index in [2.05, 4.69) is 13.8 Å². The highest BCUT2D eigenvalue weighted by Crippen LogP contribution is 2.53. The molecule has 6 atom stereocenters. The molecule has 1 aliphatic carbocycles. The number of fused-ring (bicyclic) bond motifs is 1. The minimum atomic E-state index is -0.0846. The molecule has 2 rings (SSSR count). The monoisotopic (exact) mass is 270 g/mol. The standard InChI is InChI=1S/C15H26O4/c1-9(8-17)12-6-11-10(2)14(18)19-13(11)7-15(12,3)4-5-16/h9-13,16-17H,4-8H2,1-3H3/t9-,10-,11-,12+,13+,15-/m1/s1. The van der Waals surface area contributed by atoms with Crippen molar-refractivity contribution >= 4 is 5.97 Å². The largest absolute Gasteiger partial charge is 0.462 e. The van der Waals surface area contributed by atoms with Crippen molar-refractivity contribution < 1.29 is 19.7 Å². The van der Waals surface area contributed by atoms with Gasteiger partial charge in [0.1, 0.15) is 6.10 Å². The van der Waals surface area contributed by atoms with Crippen molar-refractivity contribution in [1.29, 1.82) is 0 Å². The van der Waals surface area contributed by atoms with Crippen LogP contribution >= 0.6 is 0 Å². The third-order valence-electron chi connectivity index (χ3n) is 5.51. The lowest BCUT2D eigenvalue weighted by Crippen LogP contribution is -2.45. The number of hydrogen-bond acceptors (Lipinski definition) is 4. The first-order chi connectivity index (χ1) is 8.92. The van der Waals surface area contributed by atoms with Crippen molar-refractivity contribution in [2.75, 3.05) is 13.2 Å². The number of rotatable bonds is 4. The lowest BCUT2D eigenvalue weighted by atomic mass is 9.57. The van der Waals surface area contributed by atoms with Crippen molar-refractivity contribution in [2.45, 2.75) is 46.1 Å². The van der Waals surface area contributed by atoms with Crippen LogP contribution in [0.1, 0.15) is 40.0 Å². The molecule has 0 aromatic carbocycles. The summed E-state index contributed by atoms with van der Waals surface area (Å²) >= 11 is 0. The molecule has 2 N–H and O–H groups in total. The van der Waals surface area contributed by atoms with Crippen LogP contribution in [0.3, 0.4) is 0 Å². The molecule has 0 radical (unpaired) electrons. The van der Waals surface area contributed by atoms with Gasteiger partial charge in [-0.1, -0.05) is 20.8 Å². The minimum Gasteiger partial charge on any atom is -0.462 e. The van der Waals surface area contributed by atoms with Gasteiger partial charge in [0.2, 0.25) is 0 Å². The zero-order valence-corrected chi connectivity index (χ0v) is 12.1. The molecular weight excluding hydrogens is 244 g/mol. The Bertz CT molecular complexity index is 343. The second-order valence-corrected chi connectivity index (χ2v) is 6.76. The maximum absolute atomic E-state index is 11.7. The van der Waals surface area contributed by atoms with Gasteiger partial charge in [-0.2, -0.15) is 0 Å². The molecule has 2 aliphatic rings. The first kappa shape index (κ1) is 14.8. The zero-order valence-electron chi connectivity index (χ0n) is 12.1.